The summed E-state index contributed by atoms with van der Waals surface area (Å²) < 4.78 is 20.9. The van der Waals surface area contributed by atoms with E-state index in [0.29, 0.717) is 0 Å². The maximum absolute atomic E-state index is 7.60. The van der Waals surface area contributed by atoms with Crippen molar-refractivity contribution in [2.45, 2.75) is 257 Å². The van der Waals surface area contributed by atoms with Crippen LogP contribution >= 0.6 is 0 Å². The Bertz CT molecular complexity index is 512. The second-order valence-electron chi connectivity index (χ2n) is 15.2. The zero-order valence-corrected chi connectivity index (χ0v) is 35.7. The van der Waals surface area contributed by atoms with Crippen LogP contribution in [0.3, 0.4) is 0 Å². The number of hydrogen-bond acceptors (Lipinski definition) is 3. The lowest BCUT2D eigenvalue weighted by Crippen LogP contribution is -2.54. The van der Waals surface area contributed by atoms with Crippen LogP contribution in [0.5, 0.6) is 0 Å². The lowest BCUT2D eigenvalue weighted by Gasteiger charge is -2.40. The summed E-state index contributed by atoms with van der Waals surface area (Å²) in [5, 5.41) is 0. The first-order valence-electron chi connectivity index (χ1n) is 21.9. The third-order valence-electron chi connectivity index (χ3n) is 10.8. The molecular formula is C42H90O3Si2. The van der Waals surface area contributed by atoms with Crippen LogP contribution in [-0.4, -0.2) is 31.3 Å². The Labute approximate surface area is 300 Å². The van der Waals surface area contributed by atoms with Gasteiger partial charge in [-0.1, -0.05) is 233 Å². The summed E-state index contributed by atoms with van der Waals surface area (Å²) in [5.74, 6) is 0. The van der Waals surface area contributed by atoms with Gasteiger partial charge in [-0.05, 0) is 24.2 Å². The van der Waals surface area contributed by atoms with Gasteiger partial charge in [0.1, 0.15) is 0 Å². The van der Waals surface area contributed by atoms with Gasteiger partial charge in [-0.15, -0.1) is 0 Å². The molecule has 0 N–H and O–H groups in total. The Balaban J connectivity index is 5.39. The second kappa shape index (κ2) is 36.1. The molecule has 0 amide bonds. The lowest BCUT2D eigenvalue weighted by molar-refractivity contribution is 0.225. The van der Waals surface area contributed by atoms with E-state index >= 15 is 0 Å². The number of hydrogen-bond donors (Lipinski definition) is 0. The zero-order chi connectivity index (χ0) is 34.6. The van der Waals surface area contributed by atoms with Gasteiger partial charge in [0.2, 0.25) is 0 Å². The molecule has 0 aliphatic rings. The maximum Gasteiger partial charge on any atom is 0.329 e. The molecule has 0 aliphatic heterocycles. The third kappa shape index (κ3) is 28.7. The highest BCUT2D eigenvalue weighted by Crippen LogP contribution is 2.35. The van der Waals surface area contributed by atoms with Crippen molar-refractivity contribution in [3.05, 3.63) is 0 Å². The van der Waals surface area contributed by atoms with Crippen molar-refractivity contribution in [2.24, 2.45) is 0 Å². The largest absolute Gasteiger partial charge is 0.414 e. The quantitative estimate of drug-likeness (QED) is 0.0471. The molecule has 0 fully saturated rings. The molecule has 284 valence electrons. The summed E-state index contributed by atoms with van der Waals surface area (Å²) in [6.07, 6.45) is 43.7. The molecule has 3 nitrogen and oxygen atoms in total. The highest BCUT2D eigenvalue weighted by atomic mass is 28.5. The van der Waals surface area contributed by atoms with Gasteiger partial charge in [-0.25, -0.2) is 0 Å². The molecule has 0 saturated carbocycles. The van der Waals surface area contributed by atoms with Crippen molar-refractivity contribution in [3.8, 4) is 0 Å². The first-order valence-corrected chi connectivity index (χ1v) is 26.3. The average Bonchev–Trinajstić information content (AvgIpc) is 3.09. The van der Waals surface area contributed by atoms with E-state index in [9.17, 15) is 0 Å². The first-order chi connectivity index (χ1) is 23.1. The van der Waals surface area contributed by atoms with Crippen LogP contribution in [0, 0.1) is 0 Å². The van der Waals surface area contributed by atoms with Gasteiger partial charge >= 0.3 is 17.1 Å². The lowest BCUT2D eigenvalue weighted by atomic mass is 10.1. The standard InChI is InChI=1S/C42H90O3Si2/c1-7-11-15-19-23-27-31-35-39-46(43-5,40-36-32-28-24-20-16-12-8-2)45-47(44-6,41-37-33-29-25-21-17-13-9-3)42-38-34-30-26-22-18-14-10-4/h7-42H2,1-6H3. The monoisotopic (exact) mass is 699 g/mol. The molecular weight excluding hydrogens is 609 g/mol. The fourth-order valence-corrected chi connectivity index (χ4v) is 16.9. The van der Waals surface area contributed by atoms with E-state index in [1.165, 1.54) is 230 Å². The molecule has 0 aromatic heterocycles. The van der Waals surface area contributed by atoms with Crippen molar-refractivity contribution < 1.29 is 13.0 Å². The van der Waals surface area contributed by atoms with Gasteiger partial charge in [0.25, 0.3) is 0 Å². The molecule has 0 saturated heterocycles. The molecule has 5 heteroatoms. The van der Waals surface area contributed by atoms with Crippen LogP contribution in [0.4, 0.5) is 0 Å². The minimum Gasteiger partial charge on any atom is -0.414 e. The van der Waals surface area contributed by atoms with Crippen LogP contribution in [0.2, 0.25) is 24.2 Å². The summed E-state index contributed by atoms with van der Waals surface area (Å²) in [6, 6.07) is 4.67. The van der Waals surface area contributed by atoms with Crippen molar-refractivity contribution >= 4 is 17.1 Å². The topological polar surface area (TPSA) is 27.7 Å². The molecule has 0 heterocycles. The fraction of sp³-hybridized carbons (Fsp3) is 1.00. The van der Waals surface area contributed by atoms with E-state index in [-0.39, 0.29) is 0 Å². The maximum atomic E-state index is 7.60. The second-order valence-corrected chi connectivity index (χ2v) is 22.5. The van der Waals surface area contributed by atoms with E-state index in [0.717, 1.165) is 0 Å². The normalized spacial score (nSPS) is 12.4. The van der Waals surface area contributed by atoms with Gasteiger partial charge in [0.15, 0.2) is 0 Å². The summed E-state index contributed by atoms with van der Waals surface area (Å²) >= 11 is 0. The third-order valence-corrected chi connectivity index (χ3v) is 19.7. The van der Waals surface area contributed by atoms with Crippen LogP contribution < -0.4 is 0 Å². The summed E-state index contributed by atoms with van der Waals surface area (Å²) in [4.78, 5) is 0. The van der Waals surface area contributed by atoms with Crippen LogP contribution in [-0.2, 0) is 13.0 Å². The Hall–Kier alpha value is 0.314. The summed E-state index contributed by atoms with van der Waals surface area (Å²) in [6.45, 7) is 9.25. The van der Waals surface area contributed by atoms with E-state index < -0.39 is 17.1 Å². The van der Waals surface area contributed by atoms with Crippen LogP contribution in [0.25, 0.3) is 0 Å². The molecule has 0 aliphatic carbocycles. The Morgan fingerprint density at radius 3 is 0.596 bits per heavy atom. The van der Waals surface area contributed by atoms with Gasteiger partial charge in [-0.3, -0.25) is 0 Å². The van der Waals surface area contributed by atoms with Gasteiger partial charge in [0, 0.05) is 14.2 Å². The molecule has 0 unspecified atom stereocenters. The van der Waals surface area contributed by atoms with Gasteiger partial charge in [-0.2, -0.15) is 0 Å². The van der Waals surface area contributed by atoms with Gasteiger partial charge in [0.05, 0.1) is 0 Å². The van der Waals surface area contributed by atoms with Crippen molar-refractivity contribution in [3.63, 3.8) is 0 Å². The minimum atomic E-state index is -2.33. The molecule has 0 bridgehead atoms. The highest BCUT2D eigenvalue weighted by molar-refractivity contribution is 6.81. The first kappa shape index (κ1) is 47.3. The molecule has 0 rings (SSSR count). The molecule has 0 radical (unpaired) electrons. The van der Waals surface area contributed by atoms with Crippen LogP contribution in [0.15, 0.2) is 0 Å². The predicted octanol–water partition coefficient (Wildman–Crippen LogP) is 15.7. The number of rotatable bonds is 40. The molecule has 0 aromatic carbocycles. The van der Waals surface area contributed by atoms with E-state index in [2.05, 4.69) is 27.7 Å². The van der Waals surface area contributed by atoms with E-state index in [1.807, 2.05) is 14.2 Å². The smallest absolute Gasteiger partial charge is 0.329 e. The Morgan fingerprint density at radius 1 is 0.255 bits per heavy atom. The van der Waals surface area contributed by atoms with Gasteiger partial charge < -0.3 is 13.0 Å². The van der Waals surface area contributed by atoms with E-state index in [4.69, 9.17) is 13.0 Å². The molecule has 0 atom stereocenters. The predicted molar refractivity (Wildman–Crippen MR) is 216 cm³/mol. The SMILES string of the molecule is CCCCCCCCCC[Si](CCCCCCCCCC)(OC)O[Si](CCCCCCCCCC)(CCCCCCCCCC)OC. The number of unbranched alkanes of at least 4 members (excludes halogenated alkanes) is 28. The zero-order valence-electron chi connectivity index (χ0n) is 33.7. The molecule has 0 aromatic rings. The molecule has 0 spiro atoms. The minimum absolute atomic E-state index is 1.17. The van der Waals surface area contributed by atoms with E-state index in [1.54, 1.807) is 0 Å². The summed E-state index contributed by atoms with van der Waals surface area (Å²) in [7, 11) is -0.658. The van der Waals surface area contributed by atoms with Crippen molar-refractivity contribution in [1.29, 1.82) is 0 Å². The highest BCUT2D eigenvalue weighted by Gasteiger charge is 2.47. The van der Waals surface area contributed by atoms with Crippen molar-refractivity contribution in [2.75, 3.05) is 14.2 Å². The average molecular weight is 699 g/mol. The Kier molecular flexibility index (Phi) is 36.4. The van der Waals surface area contributed by atoms with Crippen molar-refractivity contribution in [1.82, 2.24) is 0 Å². The van der Waals surface area contributed by atoms with Crippen LogP contribution in [0.1, 0.15) is 233 Å². The fourth-order valence-electron chi connectivity index (χ4n) is 7.40. The molecule has 47 heavy (non-hydrogen) atoms. The Morgan fingerprint density at radius 2 is 0.426 bits per heavy atom. The summed E-state index contributed by atoms with van der Waals surface area (Å²) in [5.41, 5.74) is 0.